The molecule has 19 heavy (non-hydrogen) atoms. The van der Waals surface area contributed by atoms with Gasteiger partial charge in [-0.3, -0.25) is 4.90 Å². The quantitative estimate of drug-likeness (QED) is 0.712. The Balaban J connectivity index is 2.54. The zero-order valence-electron chi connectivity index (χ0n) is 12.5. The summed E-state index contributed by atoms with van der Waals surface area (Å²) < 4.78 is 28.4. The van der Waals surface area contributed by atoms with Crippen LogP contribution < -0.4 is 10.5 Å². The number of hydrogen-bond donors (Lipinski definition) is 2. The van der Waals surface area contributed by atoms with Crippen LogP contribution in [-0.4, -0.2) is 62.4 Å². The van der Waals surface area contributed by atoms with Gasteiger partial charge < -0.3 is 5.73 Å². The Morgan fingerprint density at radius 3 is 2.16 bits per heavy atom. The maximum Gasteiger partial charge on any atom is 0.279 e. The second-order valence-corrected chi connectivity index (χ2v) is 7.91. The van der Waals surface area contributed by atoms with Crippen LogP contribution >= 0.6 is 0 Å². The maximum atomic E-state index is 12.1. The van der Waals surface area contributed by atoms with Gasteiger partial charge in [-0.15, -0.1) is 0 Å². The largest absolute Gasteiger partial charge is 0.329 e. The summed E-state index contributed by atoms with van der Waals surface area (Å²) in [7, 11) is -3.33. The lowest BCUT2D eigenvalue weighted by Gasteiger charge is -2.43. The van der Waals surface area contributed by atoms with Crippen LogP contribution in [0.3, 0.4) is 0 Å². The molecule has 1 aliphatic heterocycles. The van der Waals surface area contributed by atoms with E-state index >= 15 is 0 Å². The fraction of sp³-hybridized carbons (Fsp3) is 1.00. The van der Waals surface area contributed by atoms with Gasteiger partial charge in [0.1, 0.15) is 0 Å². The van der Waals surface area contributed by atoms with Crippen LogP contribution in [0.4, 0.5) is 0 Å². The molecule has 1 saturated heterocycles. The summed E-state index contributed by atoms with van der Waals surface area (Å²) >= 11 is 0. The number of hydrogen-bond acceptors (Lipinski definition) is 4. The standard InChI is InChI=1S/C12H28N4O2S/c1-11(2)9-14-19(17,18)16-7-5-15(6-8-16)12(3,4)10-13/h11,14H,5-10,13H2,1-4H3. The average Bonchev–Trinajstić information content (AvgIpc) is 2.37. The Bertz CT molecular complexity index is 373. The van der Waals surface area contributed by atoms with Crippen molar-refractivity contribution >= 4 is 10.2 Å². The first-order valence-corrected chi connectivity index (χ1v) is 8.33. The summed E-state index contributed by atoms with van der Waals surface area (Å²) in [5.74, 6) is 0.312. The van der Waals surface area contributed by atoms with Crippen LogP contribution in [0, 0.1) is 5.92 Å². The van der Waals surface area contributed by atoms with Crippen molar-refractivity contribution in [1.82, 2.24) is 13.9 Å². The van der Waals surface area contributed by atoms with Gasteiger partial charge in [0.05, 0.1) is 0 Å². The van der Waals surface area contributed by atoms with E-state index < -0.39 is 10.2 Å². The second-order valence-electron chi connectivity index (χ2n) is 6.15. The van der Waals surface area contributed by atoms with E-state index in [0.29, 0.717) is 32.1 Å². The molecule has 0 bridgehead atoms. The van der Waals surface area contributed by atoms with Crippen molar-refractivity contribution in [3.63, 3.8) is 0 Å². The maximum absolute atomic E-state index is 12.1. The third-order valence-corrected chi connectivity index (χ3v) is 5.18. The van der Waals surface area contributed by atoms with Crippen LogP contribution in [0.2, 0.25) is 0 Å². The van der Waals surface area contributed by atoms with E-state index in [4.69, 9.17) is 5.73 Å². The lowest BCUT2D eigenvalue weighted by atomic mass is 10.0. The zero-order chi connectivity index (χ0) is 14.7. The van der Waals surface area contributed by atoms with Crippen molar-refractivity contribution < 1.29 is 8.42 Å². The molecule has 0 aromatic rings. The van der Waals surface area contributed by atoms with Gasteiger partial charge in [0.2, 0.25) is 0 Å². The number of rotatable bonds is 6. The first kappa shape index (κ1) is 16.8. The summed E-state index contributed by atoms with van der Waals surface area (Å²) in [5.41, 5.74) is 5.68. The topological polar surface area (TPSA) is 78.7 Å². The molecule has 0 aromatic heterocycles. The molecule has 0 radical (unpaired) electrons. The molecule has 0 spiro atoms. The van der Waals surface area contributed by atoms with Crippen LogP contribution in [0.1, 0.15) is 27.7 Å². The summed E-state index contributed by atoms with van der Waals surface area (Å²) in [5, 5.41) is 0. The Labute approximate surface area is 117 Å². The highest BCUT2D eigenvalue weighted by molar-refractivity contribution is 7.87. The highest BCUT2D eigenvalue weighted by Crippen LogP contribution is 2.16. The molecule has 0 unspecified atom stereocenters. The summed E-state index contributed by atoms with van der Waals surface area (Å²) in [4.78, 5) is 2.25. The molecule has 1 rings (SSSR count). The van der Waals surface area contributed by atoms with Crippen molar-refractivity contribution in [2.45, 2.75) is 33.2 Å². The van der Waals surface area contributed by atoms with E-state index in [1.807, 2.05) is 13.8 Å². The van der Waals surface area contributed by atoms with E-state index in [1.165, 1.54) is 4.31 Å². The summed E-state index contributed by atoms with van der Waals surface area (Å²) in [6, 6.07) is 0. The molecular formula is C12H28N4O2S. The molecule has 0 aliphatic carbocycles. The summed E-state index contributed by atoms with van der Waals surface area (Å²) in [6.07, 6.45) is 0. The van der Waals surface area contributed by atoms with E-state index in [2.05, 4.69) is 23.5 Å². The highest BCUT2D eigenvalue weighted by Gasteiger charge is 2.32. The van der Waals surface area contributed by atoms with Crippen LogP contribution in [0.15, 0.2) is 0 Å². The fourth-order valence-corrected chi connectivity index (χ4v) is 3.40. The first-order valence-electron chi connectivity index (χ1n) is 6.89. The molecule has 114 valence electrons. The van der Waals surface area contributed by atoms with Crippen molar-refractivity contribution in [3.8, 4) is 0 Å². The predicted octanol–water partition coefficient (Wildman–Crippen LogP) is -0.168. The van der Waals surface area contributed by atoms with E-state index in [0.717, 1.165) is 13.1 Å². The van der Waals surface area contributed by atoms with Crippen molar-refractivity contribution in [2.75, 3.05) is 39.3 Å². The fourth-order valence-electron chi connectivity index (χ4n) is 2.03. The van der Waals surface area contributed by atoms with Gasteiger partial charge in [-0.1, -0.05) is 13.8 Å². The number of piperazine rings is 1. The van der Waals surface area contributed by atoms with Crippen LogP contribution in [-0.2, 0) is 10.2 Å². The normalized spacial score (nSPS) is 20.1. The molecule has 1 aliphatic rings. The molecule has 0 aromatic carbocycles. The SMILES string of the molecule is CC(C)CNS(=O)(=O)N1CCN(C(C)(C)CN)CC1. The van der Waals surface area contributed by atoms with Gasteiger partial charge >= 0.3 is 0 Å². The first-order chi connectivity index (χ1) is 8.69. The molecule has 0 saturated carbocycles. The molecule has 1 fully saturated rings. The van der Waals surface area contributed by atoms with Gasteiger partial charge in [0.15, 0.2) is 0 Å². The van der Waals surface area contributed by atoms with Crippen molar-refractivity contribution in [3.05, 3.63) is 0 Å². The molecule has 7 heteroatoms. The van der Waals surface area contributed by atoms with Gasteiger partial charge in [0.25, 0.3) is 10.2 Å². The Morgan fingerprint density at radius 1 is 1.21 bits per heavy atom. The Morgan fingerprint density at radius 2 is 1.74 bits per heavy atom. The summed E-state index contributed by atoms with van der Waals surface area (Å²) in [6.45, 7) is 11.7. The smallest absolute Gasteiger partial charge is 0.279 e. The monoisotopic (exact) mass is 292 g/mol. The van der Waals surface area contributed by atoms with Gasteiger partial charge in [-0.2, -0.15) is 12.7 Å². The molecular weight excluding hydrogens is 264 g/mol. The van der Waals surface area contributed by atoms with Crippen molar-refractivity contribution in [1.29, 1.82) is 0 Å². The number of nitrogens with zero attached hydrogens (tertiary/aromatic N) is 2. The Hall–Kier alpha value is -0.210. The molecule has 3 N–H and O–H groups in total. The molecule has 6 nitrogen and oxygen atoms in total. The molecule has 0 amide bonds. The van der Waals surface area contributed by atoms with E-state index in [9.17, 15) is 8.42 Å². The minimum atomic E-state index is -3.33. The molecule has 0 atom stereocenters. The minimum Gasteiger partial charge on any atom is -0.329 e. The predicted molar refractivity (Wildman–Crippen MR) is 78.0 cm³/mol. The highest BCUT2D eigenvalue weighted by atomic mass is 32.2. The number of nitrogens with one attached hydrogen (secondary N) is 1. The van der Waals surface area contributed by atoms with Gasteiger partial charge in [-0.25, -0.2) is 4.72 Å². The second kappa shape index (κ2) is 6.49. The minimum absolute atomic E-state index is 0.0682. The number of nitrogens with two attached hydrogens (primary N) is 1. The third-order valence-electron chi connectivity index (χ3n) is 3.61. The Kier molecular flexibility index (Phi) is 5.76. The lowest BCUT2D eigenvalue weighted by Crippen LogP contribution is -2.59. The third kappa shape index (κ3) is 4.68. The lowest BCUT2D eigenvalue weighted by molar-refractivity contribution is 0.0845. The van der Waals surface area contributed by atoms with Gasteiger partial charge in [-0.05, 0) is 19.8 Å². The zero-order valence-corrected chi connectivity index (χ0v) is 13.3. The van der Waals surface area contributed by atoms with Gasteiger partial charge in [0, 0.05) is 44.8 Å². The van der Waals surface area contributed by atoms with E-state index in [1.54, 1.807) is 0 Å². The van der Waals surface area contributed by atoms with Crippen LogP contribution in [0.25, 0.3) is 0 Å². The van der Waals surface area contributed by atoms with E-state index in [-0.39, 0.29) is 5.54 Å². The van der Waals surface area contributed by atoms with Crippen molar-refractivity contribution in [2.24, 2.45) is 11.7 Å². The average molecular weight is 292 g/mol. The molecule has 1 heterocycles. The van der Waals surface area contributed by atoms with Crippen LogP contribution in [0.5, 0.6) is 0 Å².